The topological polar surface area (TPSA) is 49.7 Å². The van der Waals surface area contributed by atoms with Crippen molar-refractivity contribution >= 4 is 0 Å². The smallest absolute Gasteiger partial charge is 0.123 e. The van der Waals surface area contributed by atoms with Crippen molar-refractivity contribution in [2.75, 3.05) is 6.61 Å². The molecule has 0 unspecified atom stereocenters. The van der Waals surface area contributed by atoms with Crippen molar-refractivity contribution in [2.45, 2.75) is 90.3 Å². The minimum atomic E-state index is -0.230. The van der Waals surface area contributed by atoms with Gasteiger partial charge in [-0.1, -0.05) is 51.8 Å². The molecule has 0 bridgehead atoms. The van der Waals surface area contributed by atoms with E-state index in [2.05, 4.69) is 38.6 Å². The van der Waals surface area contributed by atoms with Gasteiger partial charge in [0.05, 0.1) is 12.2 Å². The number of aliphatic hydroxyl groups is 2. The average molecular weight is 401 g/mol. The van der Waals surface area contributed by atoms with E-state index in [0.717, 1.165) is 62.7 Å². The summed E-state index contributed by atoms with van der Waals surface area (Å²) in [5, 5.41) is 21.1. The van der Waals surface area contributed by atoms with E-state index >= 15 is 0 Å². The molecule has 0 aliphatic heterocycles. The van der Waals surface area contributed by atoms with E-state index in [9.17, 15) is 10.2 Å². The summed E-state index contributed by atoms with van der Waals surface area (Å²) in [6.07, 6.45) is 9.57. The van der Waals surface area contributed by atoms with Gasteiger partial charge in [0, 0.05) is 0 Å². The molecule has 0 heterocycles. The number of ether oxygens (including phenoxy) is 1. The van der Waals surface area contributed by atoms with Crippen molar-refractivity contribution in [3.05, 3.63) is 41.5 Å². The largest absolute Gasteiger partial charge is 0.489 e. The van der Waals surface area contributed by atoms with Crippen molar-refractivity contribution in [1.29, 1.82) is 0 Å². The molecule has 2 aliphatic rings. The zero-order valence-electron chi connectivity index (χ0n) is 18.4. The Bertz CT molecular complexity index is 668. The van der Waals surface area contributed by atoms with Crippen LogP contribution in [0.15, 0.2) is 30.4 Å². The molecule has 162 valence electrons. The van der Waals surface area contributed by atoms with E-state index in [1.807, 2.05) is 0 Å². The molecule has 3 heteroatoms. The van der Waals surface area contributed by atoms with Gasteiger partial charge in [-0.2, -0.15) is 0 Å². The molecular formula is C26H40O3. The maximum atomic E-state index is 10.8. The minimum Gasteiger partial charge on any atom is -0.489 e. The van der Waals surface area contributed by atoms with Crippen molar-refractivity contribution in [2.24, 2.45) is 17.8 Å². The summed E-state index contributed by atoms with van der Waals surface area (Å²) in [4.78, 5) is 0. The number of hydrogen-bond acceptors (Lipinski definition) is 3. The fourth-order valence-corrected chi connectivity index (χ4v) is 5.38. The van der Waals surface area contributed by atoms with Gasteiger partial charge in [-0.25, -0.2) is 0 Å². The zero-order chi connectivity index (χ0) is 20.8. The van der Waals surface area contributed by atoms with Gasteiger partial charge in [0.15, 0.2) is 0 Å². The van der Waals surface area contributed by atoms with E-state index in [-0.39, 0.29) is 12.2 Å². The van der Waals surface area contributed by atoms with Gasteiger partial charge >= 0.3 is 0 Å². The highest BCUT2D eigenvalue weighted by atomic mass is 16.5. The SMILES string of the molecule is C=C(CC)COc1cccc2c1C[C@H]1C[C@@H](O)[C@H](CC[C@@H](O)CCCCC)[C@H]1C2. The van der Waals surface area contributed by atoms with Gasteiger partial charge < -0.3 is 14.9 Å². The van der Waals surface area contributed by atoms with Gasteiger partial charge in [-0.05, 0) is 85.5 Å². The second-order valence-corrected chi connectivity index (χ2v) is 9.31. The summed E-state index contributed by atoms with van der Waals surface area (Å²) in [6, 6.07) is 6.41. The van der Waals surface area contributed by atoms with Gasteiger partial charge in [-0.15, -0.1) is 0 Å². The molecule has 1 aromatic rings. The highest BCUT2D eigenvalue weighted by Crippen LogP contribution is 2.48. The zero-order valence-corrected chi connectivity index (χ0v) is 18.4. The molecule has 1 saturated carbocycles. The quantitative estimate of drug-likeness (QED) is 0.383. The van der Waals surface area contributed by atoms with Crippen molar-refractivity contribution < 1.29 is 14.9 Å². The Kier molecular flexibility index (Phi) is 8.20. The molecular weight excluding hydrogens is 360 g/mol. The molecule has 0 aromatic heterocycles. The Morgan fingerprint density at radius 2 is 2.03 bits per heavy atom. The highest BCUT2D eigenvalue weighted by Gasteiger charge is 2.44. The lowest BCUT2D eigenvalue weighted by Gasteiger charge is -2.32. The van der Waals surface area contributed by atoms with Crippen LogP contribution in [-0.4, -0.2) is 29.0 Å². The summed E-state index contributed by atoms with van der Waals surface area (Å²) >= 11 is 0. The van der Waals surface area contributed by atoms with Gasteiger partial charge in [0.2, 0.25) is 0 Å². The van der Waals surface area contributed by atoms with Crippen LogP contribution in [0, 0.1) is 17.8 Å². The number of benzene rings is 1. The fraction of sp³-hybridized carbons (Fsp3) is 0.692. The van der Waals surface area contributed by atoms with Crippen LogP contribution in [0.3, 0.4) is 0 Å². The van der Waals surface area contributed by atoms with Gasteiger partial charge in [0.25, 0.3) is 0 Å². The molecule has 0 radical (unpaired) electrons. The number of aliphatic hydroxyl groups excluding tert-OH is 2. The Hall–Kier alpha value is -1.32. The van der Waals surface area contributed by atoms with E-state index in [4.69, 9.17) is 4.74 Å². The third-order valence-electron chi connectivity index (χ3n) is 7.25. The Morgan fingerprint density at radius 3 is 2.79 bits per heavy atom. The first-order chi connectivity index (χ1) is 14.0. The predicted molar refractivity (Wildman–Crippen MR) is 119 cm³/mol. The molecule has 0 saturated heterocycles. The molecule has 29 heavy (non-hydrogen) atoms. The average Bonchev–Trinajstić information content (AvgIpc) is 3.02. The molecule has 1 fully saturated rings. The van der Waals surface area contributed by atoms with Crippen LogP contribution in [0.2, 0.25) is 0 Å². The third-order valence-corrected chi connectivity index (χ3v) is 7.25. The minimum absolute atomic E-state index is 0.213. The first-order valence-corrected chi connectivity index (χ1v) is 11.8. The molecule has 2 N–H and O–H groups in total. The molecule has 1 aromatic carbocycles. The molecule has 3 nitrogen and oxygen atoms in total. The van der Waals surface area contributed by atoms with Crippen LogP contribution < -0.4 is 4.74 Å². The number of fused-ring (bicyclic) bond motifs is 2. The molecule has 5 atom stereocenters. The van der Waals surface area contributed by atoms with Crippen LogP contribution in [0.5, 0.6) is 5.75 Å². The normalized spacial score (nSPS) is 26.6. The Labute approximate surface area is 177 Å². The second kappa shape index (κ2) is 10.6. The third kappa shape index (κ3) is 5.64. The maximum Gasteiger partial charge on any atom is 0.123 e. The summed E-state index contributed by atoms with van der Waals surface area (Å²) in [6.45, 7) is 8.94. The summed E-state index contributed by atoms with van der Waals surface area (Å²) in [5.41, 5.74) is 3.84. The maximum absolute atomic E-state index is 10.8. The molecule has 0 amide bonds. The monoisotopic (exact) mass is 400 g/mol. The van der Waals surface area contributed by atoms with Crippen LogP contribution in [0.4, 0.5) is 0 Å². The van der Waals surface area contributed by atoms with Crippen molar-refractivity contribution in [1.82, 2.24) is 0 Å². The molecule has 2 aliphatic carbocycles. The van der Waals surface area contributed by atoms with E-state index in [0.29, 0.717) is 24.4 Å². The van der Waals surface area contributed by atoms with Crippen LogP contribution >= 0.6 is 0 Å². The summed E-state index contributed by atoms with van der Waals surface area (Å²) < 4.78 is 6.09. The number of hydrogen-bond donors (Lipinski definition) is 2. The lowest BCUT2D eigenvalue weighted by Crippen LogP contribution is -2.28. The summed E-state index contributed by atoms with van der Waals surface area (Å²) in [5.74, 6) is 2.37. The van der Waals surface area contributed by atoms with E-state index in [1.54, 1.807) is 0 Å². The Balaban J connectivity index is 1.62. The van der Waals surface area contributed by atoms with Crippen LogP contribution in [0.1, 0.15) is 76.3 Å². The highest BCUT2D eigenvalue weighted by molar-refractivity contribution is 5.43. The number of unbranched alkanes of at least 4 members (excludes halogenated alkanes) is 2. The van der Waals surface area contributed by atoms with Gasteiger partial charge in [-0.3, -0.25) is 0 Å². The number of rotatable bonds is 11. The van der Waals surface area contributed by atoms with Crippen molar-refractivity contribution in [3.63, 3.8) is 0 Å². The van der Waals surface area contributed by atoms with Gasteiger partial charge in [0.1, 0.15) is 12.4 Å². The molecule has 0 spiro atoms. The fourth-order valence-electron chi connectivity index (χ4n) is 5.38. The van der Waals surface area contributed by atoms with E-state index < -0.39 is 0 Å². The molecule has 3 rings (SSSR count). The van der Waals surface area contributed by atoms with Crippen LogP contribution in [-0.2, 0) is 12.8 Å². The van der Waals surface area contributed by atoms with E-state index in [1.165, 1.54) is 24.0 Å². The first kappa shape index (κ1) is 22.4. The lowest BCUT2D eigenvalue weighted by atomic mass is 9.73. The second-order valence-electron chi connectivity index (χ2n) is 9.31. The lowest BCUT2D eigenvalue weighted by molar-refractivity contribution is 0.0869. The first-order valence-electron chi connectivity index (χ1n) is 11.8. The predicted octanol–water partition coefficient (Wildman–Crippen LogP) is 5.46. The standard InChI is InChI=1S/C26H40O3/c1-4-6-7-10-21(27)12-13-22-23-14-19-9-8-11-26(29-17-18(3)5-2)24(19)15-20(23)16-25(22)28/h8-9,11,20-23,25,27-28H,3-7,10,12-17H2,1-2H3/t20-,21-,22+,23-,25+/m0/s1. The van der Waals surface area contributed by atoms with Crippen LogP contribution in [0.25, 0.3) is 0 Å². The summed E-state index contributed by atoms with van der Waals surface area (Å²) in [7, 11) is 0. The van der Waals surface area contributed by atoms with Crippen molar-refractivity contribution in [3.8, 4) is 5.75 Å². The Morgan fingerprint density at radius 1 is 1.21 bits per heavy atom.